The van der Waals surface area contributed by atoms with Gasteiger partial charge in [0.1, 0.15) is 5.75 Å². The topological polar surface area (TPSA) is 54.6 Å². The van der Waals surface area contributed by atoms with Gasteiger partial charge in [-0.1, -0.05) is 35.5 Å². The molecule has 4 rings (SSSR count). The maximum Gasteiger partial charge on any atom is 0.324 e. The molecule has 0 amide bonds. The first-order valence-electron chi connectivity index (χ1n) is 8.81. The highest BCUT2D eigenvalue weighted by Crippen LogP contribution is 2.23. The van der Waals surface area contributed by atoms with Crippen molar-refractivity contribution in [2.24, 2.45) is 0 Å². The van der Waals surface area contributed by atoms with E-state index in [9.17, 15) is 0 Å². The summed E-state index contributed by atoms with van der Waals surface area (Å²) in [6, 6.07) is 18.8. The average molecular weight is 350 g/mol. The number of nitrogens with zero attached hydrogens (tertiary/aromatic N) is 4. The Morgan fingerprint density at radius 3 is 2.38 bits per heavy atom. The highest BCUT2D eigenvalue weighted by atomic mass is 16.5. The van der Waals surface area contributed by atoms with Gasteiger partial charge in [-0.05, 0) is 29.8 Å². The third-order valence-corrected chi connectivity index (χ3v) is 4.66. The van der Waals surface area contributed by atoms with E-state index in [1.807, 2.05) is 24.3 Å². The molecule has 2 aromatic carbocycles. The van der Waals surface area contributed by atoms with Crippen molar-refractivity contribution < 1.29 is 9.26 Å². The number of hydrogen-bond acceptors (Lipinski definition) is 6. The van der Waals surface area contributed by atoms with Gasteiger partial charge in [0.2, 0.25) is 5.82 Å². The van der Waals surface area contributed by atoms with Crippen molar-refractivity contribution in [3.05, 3.63) is 60.2 Å². The molecule has 3 aromatic rings. The summed E-state index contributed by atoms with van der Waals surface area (Å²) in [5.41, 5.74) is 2.27. The van der Waals surface area contributed by atoms with Crippen molar-refractivity contribution in [3.8, 4) is 17.1 Å². The van der Waals surface area contributed by atoms with Crippen LogP contribution in [0.3, 0.4) is 0 Å². The van der Waals surface area contributed by atoms with Gasteiger partial charge >= 0.3 is 6.01 Å². The van der Waals surface area contributed by atoms with Gasteiger partial charge in [0.25, 0.3) is 0 Å². The number of piperazine rings is 1. The van der Waals surface area contributed by atoms with E-state index >= 15 is 0 Å². The van der Waals surface area contributed by atoms with Crippen molar-refractivity contribution in [2.45, 2.75) is 6.54 Å². The Morgan fingerprint density at radius 2 is 1.69 bits per heavy atom. The number of methoxy groups -OCH3 is 1. The van der Waals surface area contributed by atoms with Crippen molar-refractivity contribution in [3.63, 3.8) is 0 Å². The Balaban J connectivity index is 1.36. The minimum atomic E-state index is 0.593. The molecular weight excluding hydrogens is 328 g/mol. The first-order chi connectivity index (χ1) is 12.8. The minimum absolute atomic E-state index is 0.593. The fraction of sp³-hybridized carbons (Fsp3) is 0.300. The zero-order chi connectivity index (χ0) is 17.8. The lowest BCUT2D eigenvalue weighted by molar-refractivity contribution is 0.242. The molecule has 0 radical (unpaired) electrons. The van der Waals surface area contributed by atoms with Crippen LogP contribution >= 0.6 is 0 Å². The van der Waals surface area contributed by atoms with Gasteiger partial charge in [0, 0.05) is 38.3 Å². The smallest absolute Gasteiger partial charge is 0.324 e. The summed E-state index contributed by atoms with van der Waals surface area (Å²) < 4.78 is 10.7. The van der Waals surface area contributed by atoms with E-state index in [2.05, 4.69) is 50.3 Å². The van der Waals surface area contributed by atoms with Crippen LogP contribution in [-0.2, 0) is 6.54 Å². The average Bonchev–Trinajstić information content (AvgIpc) is 3.20. The second-order valence-electron chi connectivity index (χ2n) is 6.38. The summed E-state index contributed by atoms with van der Waals surface area (Å²) in [4.78, 5) is 9.16. The molecule has 1 aliphatic heterocycles. The van der Waals surface area contributed by atoms with Crippen LogP contribution in [0, 0.1) is 0 Å². The van der Waals surface area contributed by atoms with Crippen LogP contribution < -0.4 is 9.64 Å². The summed E-state index contributed by atoms with van der Waals surface area (Å²) in [5.74, 6) is 1.42. The van der Waals surface area contributed by atoms with Crippen molar-refractivity contribution >= 4 is 6.01 Å². The van der Waals surface area contributed by atoms with Crippen LogP contribution in [0.4, 0.5) is 6.01 Å². The Labute approximate surface area is 153 Å². The second-order valence-corrected chi connectivity index (χ2v) is 6.38. The second kappa shape index (κ2) is 7.58. The Hall–Kier alpha value is -2.86. The summed E-state index contributed by atoms with van der Waals surface area (Å²) in [6.45, 7) is 4.72. The van der Waals surface area contributed by atoms with Crippen LogP contribution in [0.15, 0.2) is 59.1 Å². The third kappa shape index (κ3) is 3.70. The molecule has 26 heavy (non-hydrogen) atoms. The summed E-state index contributed by atoms with van der Waals surface area (Å²) >= 11 is 0. The zero-order valence-corrected chi connectivity index (χ0v) is 14.8. The van der Waals surface area contributed by atoms with Crippen LogP contribution in [0.2, 0.25) is 0 Å². The first kappa shape index (κ1) is 16.6. The lowest BCUT2D eigenvalue weighted by Gasteiger charge is -2.33. The Morgan fingerprint density at radius 1 is 0.962 bits per heavy atom. The third-order valence-electron chi connectivity index (χ3n) is 4.66. The minimum Gasteiger partial charge on any atom is -0.497 e. The zero-order valence-electron chi connectivity index (χ0n) is 14.8. The molecule has 2 heterocycles. The SMILES string of the molecule is COc1ccc(-c2noc(N3CCN(Cc4ccccc4)CC3)n2)cc1. The molecule has 0 saturated carbocycles. The van der Waals surface area contributed by atoms with Crippen LogP contribution in [0.25, 0.3) is 11.4 Å². The van der Waals surface area contributed by atoms with Gasteiger partial charge in [-0.25, -0.2) is 0 Å². The van der Waals surface area contributed by atoms with Crippen LogP contribution in [0.5, 0.6) is 5.75 Å². The summed E-state index contributed by atoms with van der Waals surface area (Å²) in [5, 5.41) is 4.12. The van der Waals surface area contributed by atoms with Gasteiger partial charge in [-0.3, -0.25) is 4.90 Å². The quantitative estimate of drug-likeness (QED) is 0.705. The lowest BCUT2D eigenvalue weighted by Crippen LogP contribution is -2.46. The largest absolute Gasteiger partial charge is 0.497 e. The number of anilines is 1. The molecule has 0 N–H and O–H groups in total. The lowest BCUT2D eigenvalue weighted by atomic mass is 10.2. The van der Waals surface area contributed by atoms with Gasteiger partial charge in [-0.2, -0.15) is 4.98 Å². The van der Waals surface area contributed by atoms with Crippen LogP contribution in [0.1, 0.15) is 5.56 Å². The molecule has 0 spiro atoms. The van der Waals surface area contributed by atoms with E-state index in [-0.39, 0.29) is 0 Å². The van der Waals surface area contributed by atoms with Crippen molar-refractivity contribution in [1.29, 1.82) is 0 Å². The van der Waals surface area contributed by atoms with Gasteiger partial charge in [0.05, 0.1) is 7.11 Å². The van der Waals surface area contributed by atoms with Gasteiger partial charge in [0.15, 0.2) is 0 Å². The molecule has 1 aromatic heterocycles. The van der Waals surface area contributed by atoms with Gasteiger partial charge in [-0.15, -0.1) is 0 Å². The molecule has 1 aliphatic rings. The first-order valence-corrected chi connectivity index (χ1v) is 8.81. The number of benzene rings is 2. The monoisotopic (exact) mass is 350 g/mol. The van der Waals surface area contributed by atoms with Gasteiger partial charge < -0.3 is 14.2 Å². The fourth-order valence-electron chi connectivity index (χ4n) is 3.14. The van der Waals surface area contributed by atoms with E-state index in [0.717, 1.165) is 44.0 Å². The van der Waals surface area contributed by atoms with Crippen molar-refractivity contribution in [2.75, 3.05) is 38.2 Å². The predicted octanol–water partition coefficient (Wildman–Crippen LogP) is 3.07. The number of hydrogen-bond donors (Lipinski definition) is 0. The van der Waals surface area contributed by atoms with Crippen LogP contribution in [-0.4, -0.2) is 48.3 Å². The molecule has 6 heteroatoms. The highest BCUT2D eigenvalue weighted by molar-refractivity contribution is 5.56. The highest BCUT2D eigenvalue weighted by Gasteiger charge is 2.21. The maximum atomic E-state index is 5.48. The normalized spacial score (nSPS) is 15.2. The standard InChI is InChI=1S/C20H22N4O2/c1-25-18-9-7-17(8-10-18)19-21-20(26-22-19)24-13-11-23(12-14-24)15-16-5-3-2-4-6-16/h2-10H,11-15H2,1H3. The van der Waals surface area contributed by atoms with E-state index in [4.69, 9.17) is 9.26 Å². The molecule has 0 aliphatic carbocycles. The summed E-state index contributed by atoms with van der Waals surface area (Å²) in [7, 11) is 1.65. The molecule has 1 saturated heterocycles. The van der Waals surface area contributed by atoms with E-state index in [1.165, 1.54) is 5.56 Å². The molecule has 0 unspecified atom stereocenters. The molecule has 0 atom stereocenters. The molecular formula is C20H22N4O2. The number of rotatable bonds is 5. The number of ether oxygens (including phenoxy) is 1. The fourth-order valence-corrected chi connectivity index (χ4v) is 3.14. The van der Waals surface area contributed by atoms with E-state index in [0.29, 0.717) is 11.8 Å². The van der Waals surface area contributed by atoms with Crippen molar-refractivity contribution in [1.82, 2.24) is 15.0 Å². The number of aromatic nitrogens is 2. The van der Waals surface area contributed by atoms with E-state index < -0.39 is 0 Å². The maximum absolute atomic E-state index is 5.48. The van der Waals surface area contributed by atoms with E-state index in [1.54, 1.807) is 7.11 Å². The molecule has 134 valence electrons. The summed E-state index contributed by atoms with van der Waals surface area (Å²) in [6.07, 6.45) is 0. The molecule has 6 nitrogen and oxygen atoms in total. The Bertz CT molecular complexity index is 825. The molecule has 1 fully saturated rings. The molecule has 0 bridgehead atoms. The predicted molar refractivity (Wildman–Crippen MR) is 100 cm³/mol. The Kier molecular flexibility index (Phi) is 4.84.